The summed E-state index contributed by atoms with van der Waals surface area (Å²) in [7, 11) is 1.54. The van der Waals surface area contributed by atoms with E-state index in [0.29, 0.717) is 28.4 Å². The first-order valence-electron chi connectivity index (χ1n) is 9.96. The fraction of sp³-hybridized carbons (Fsp3) is 0.333. The lowest BCUT2D eigenvalue weighted by Gasteiger charge is -2.45. The highest BCUT2D eigenvalue weighted by molar-refractivity contribution is 5.97. The van der Waals surface area contributed by atoms with Crippen LogP contribution in [0.4, 0.5) is 10.3 Å². The van der Waals surface area contributed by atoms with Crippen LogP contribution in [-0.2, 0) is 4.79 Å². The molecule has 160 valence electrons. The molecule has 1 fully saturated rings. The van der Waals surface area contributed by atoms with Gasteiger partial charge in [-0.1, -0.05) is 0 Å². The number of rotatable bonds is 5. The van der Waals surface area contributed by atoms with Gasteiger partial charge in [-0.3, -0.25) is 4.79 Å². The number of ether oxygens (including phenoxy) is 1. The largest absolute Gasteiger partial charge is 0.480 e. The van der Waals surface area contributed by atoms with Gasteiger partial charge >= 0.3 is 0 Å². The van der Waals surface area contributed by atoms with E-state index >= 15 is 0 Å². The third kappa shape index (κ3) is 3.33. The molecule has 4 aromatic heterocycles. The zero-order chi connectivity index (χ0) is 21.8. The van der Waals surface area contributed by atoms with Crippen LogP contribution in [0.2, 0.25) is 0 Å². The second-order valence-corrected chi connectivity index (χ2v) is 8.21. The first-order valence-corrected chi connectivity index (χ1v) is 9.96. The number of nitrogens with one attached hydrogen (secondary N) is 3. The van der Waals surface area contributed by atoms with Gasteiger partial charge in [0.1, 0.15) is 5.65 Å². The van der Waals surface area contributed by atoms with Gasteiger partial charge in [0, 0.05) is 54.4 Å². The smallest absolute Gasteiger partial charge is 0.228 e. The number of hydrogen-bond donors (Lipinski definition) is 3. The maximum absolute atomic E-state index is 14.5. The van der Waals surface area contributed by atoms with E-state index < -0.39 is 5.82 Å². The van der Waals surface area contributed by atoms with E-state index in [2.05, 4.69) is 30.6 Å². The molecule has 1 aliphatic carbocycles. The number of H-pyrrole nitrogens is 1. The lowest BCUT2D eigenvalue weighted by Crippen LogP contribution is -2.59. The van der Waals surface area contributed by atoms with Crippen LogP contribution in [0, 0.1) is 5.82 Å². The van der Waals surface area contributed by atoms with Gasteiger partial charge in [0.2, 0.25) is 17.7 Å². The molecule has 3 N–H and O–H groups in total. The number of anilines is 1. The van der Waals surface area contributed by atoms with Crippen LogP contribution in [0.3, 0.4) is 0 Å². The average Bonchev–Trinajstić information content (AvgIpc) is 3.32. The van der Waals surface area contributed by atoms with Crippen molar-refractivity contribution in [3.63, 3.8) is 0 Å². The lowest BCUT2D eigenvalue weighted by atomic mass is 9.74. The van der Waals surface area contributed by atoms with Crippen molar-refractivity contribution < 1.29 is 13.9 Å². The summed E-state index contributed by atoms with van der Waals surface area (Å²) in [4.78, 5) is 27.6. The molecule has 1 aliphatic rings. The van der Waals surface area contributed by atoms with Gasteiger partial charge < -0.3 is 24.8 Å². The summed E-state index contributed by atoms with van der Waals surface area (Å²) in [6.07, 6.45) is 8.36. The summed E-state index contributed by atoms with van der Waals surface area (Å²) >= 11 is 0. The van der Waals surface area contributed by atoms with Crippen LogP contribution in [0.1, 0.15) is 26.7 Å². The molecule has 4 heterocycles. The van der Waals surface area contributed by atoms with Crippen LogP contribution in [0.15, 0.2) is 30.9 Å². The molecule has 0 saturated heterocycles. The van der Waals surface area contributed by atoms with Crippen LogP contribution in [-0.4, -0.2) is 48.9 Å². The Morgan fingerprint density at radius 1 is 1.39 bits per heavy atom. The maximum atomic E-state index is 14.5. The predicted molar refractivity (Wildman–Crippen MR) is 113 cm³/mol. The summed E-state index contributed by atoms with van der Waals surface area (Å²) in [5.74, 6) is 0.370. The van der Waals surface area contributed by atoms with Crippen LogP contribution < -0.4 is 15.4 Å². The zero-order valence-electron chi connectivity index (χ0n) is 17.4. The number of aromatic nitrogens is 5. The SMILES string of the molecule is COc1nc(N[C@H]2C[C@@](C)(NC(C)=O)C2)nc2[nH]cc(-c3cc(F)c4nccn4c3)c12. The van der Waals surface area contributed by atoms with Gasteiger partial charge in [0.05, 0.1) is 12.5 Å². The van der Waals surface area contributed by atoms with Crippen molar-refractivity contribution in [3.8, 4) is 17.0 Å². The Labute approximate surface area is 177 Å². The summed E-state index contributed by atoms with van der Waals surface area (Å²) in [5.41, 5.74) is 2.02. The second kappa shape index (κ2) is 6.93. The molecule has 0 atom stereocenters. The number of amides is 1. The van der Waals surface area contributed by atoms with Crippen molar-refractivity contribution in [2.75, 3.05) is 12.4 Å². The molecule has 4 aromatic rings. The highest BCUT2D eigenvalue weighted by atomic mass is 19.1. The van der Waals surface area contributed by atoms with E-state index in [0.717, 1.165) is 18.4 Å². The Hall–Kier alpha value is -3.69. The van der Waals surface area contributed by atoms with Gasteiger partial charge in [0.25, 0.3) is 0 Å². The third-order valence-electron chi connectivity index (χ3n) is 5.65. The van der Waals surface area contributed by atoms with Crippen molar-refractivity contribution in [2.24, 2.45) is 0 Å². The highest BCUT2D eigenvalue weighted by Gasteiger charge is 2.41. The zero-order valence-corrected chi connectivity index (χ0v) is 17.4. The topological polar surface area (TPSA) is 109 Å². The van der Waals surface area contributed by atoms with E-state index in [1.807, 2.05) is 6.92 Å². The average molecular weight is 423 g/mol. The molecular formula is C21H22FN7O2. The van der Waals surface area contributed by atoms with Gasteiger partial charge in [-0.15, -0.1) is 0 Å². The first kappa shape index (κ1) is 19.3. The van der Waals surface area contributed by atoms with Crippen molar-refractivity contribution in [1.82, 2.24) is 29.7 Å². The van der Waals surface area contributed by atoms with Crippen molar-refractivity contribution in [2.45, 2.75) is 38.3 Å². The minimum Gasteiger partial charge on any atom is -0.480 e. The molecular weight excluding hydrogens is 401 g/mol. The number of imidazole rings is 1. The molecule has 0 aliphatic heterocycles. The molecule has 0 bridgehead atoms. The van der Waals surface area contributed by atoms with Gasteiger partial charge in [0.15, 0.2) is 11.5 Å². The fourth-order valence-electron chi connectivity index (χ4n) is 4.42. The normalized spacial score (nSPS) is 20.6. The Morgan fingerprint density at radius 2 is 2.19 bits per heavy atom. The van der Waals surface area contributed by atoms with Gasteiger partial charge in [-0.05, 0) is 25.8 Å². The van der Waals surface area contributed by atoms with Crippen LogP contribution >= 0.6 is 0 Å². The van der Waals surface area contributed by atoms with Crippen molar-refractivity contribution in [1.29, 1.82) is 0 Å². The lowest BCUT2D eigenvalue weighted by molar-refractivity contribution is -0.121. The Bertz CT molecular complexity index is 1310. The quantitative estimate of drug-likeness (QED) is 0.455. The van der Waals surface area contributed by atoms with Crippen molar-refractivity contribution >= 4 is 28.5 Å². The van der Waals surface area contributed by atoms with Gasteiger partial charge in [-0.25, -0.2) is 9.37 Å². The highest BCUT2D eigenvalue weighted by Crippen LogP contribution is 2.37. The minimum atomic E-state index is -0.415. The monoisotopic (exact) mass is 423 g/mol. The molecule has 5 rings (SSSR count). The van der Waals surface area contributed by atoms with E-state index in [1.165, 1.54) is 13.0 Å². The number of halogens is 1. The number of nitrogens with zero attached hydrogens (tertiary/aromatic N) is 4. The standard InChI is InChI=1S/C21H22FN7O2/c1-11(30)28-21(2)7-13(8-21)25-20-26-17-16(19(27-20)31-3)14(9-24-17)12-6-15(22)18-23-4-5-29(18)10-12/h4-6,9-10,13H,7-8H2,1-3H3,(H,28,30)(H2,24,25,26,27)/t13-,21+. The number of carbonyl (C=O) groups is 1. The number of methoxy groups -OCH3 is 1. The molecule has 10 heteroatoms. The van der Waals surface area contributed by atoms with Gasteiger partial charge in [-0.2, -0.15) is 9.97 Å². The Balaban J connectivity index is 1.46. The number of fused-ring (bicyclic) bond motifs is 2. The summed E-state index contributed by atoms with van der Waals surface area (Å²) < 4.78 is 21.6. The molecule has 9 nitrogen and oxygen atoms in total. The summed E-state index contributed by atoms with van der Waals surface area (Å²) in [5, 5.41) is 6.95. The molecule has 31 heavy (non-hydrogen) atoms. The number of hydrogen-bond acceptors (Lipinski definition) is 6. The second-order valence-electron chi connectivity index (χ2n) is 8.21. The van der Waals surface area contributed by atoms with Crippen LogP contribution in [0.25, 0.3) is 27.8 Å². The molecule has 0 radical (unpaired) electrons. The number of carbonyl (C=O) groups excluding carboxylic acids is 1. The minimum absolute atomic E-state index is 0.0375. The molecule has 1 saturated carbocycles. The van der Waals surface area contributed by atoms with E-state index in [1.54, 1.807) is 36.3 Å². The Kier molecular flexibility index (Phi) is 4.31. The third-order valence-corrected chi connectivity index (χ3v) is 5.65. The Morgan fingerprint density at radius 3 is 2.94 bits per heavy atom. The summed E-state index contributed by atoms with van der Waals surface area (Å²) in [6.45, 7) is 3.54. The van der Waals surface area contributed by atoms with Crippen molar-refractivity contribution in [3.05, 3.63) is 36.7 Å². The molecule has 0 aromatic carbocycles. The predicted octanol–water partition coefficient (Wildman–Crippen LogP) is 2.89. The molecule has 1 amide bonds. The molecule has 0 spiro atoms. The van der Waals surface area contributed by atoms with E-state index in [9.17, 15) is 9.18 Å². The van der Waals surface area contributed by atoms with Crippen LogP contribution in [0.5, 0.6) is 5.88 Å². The number of aromatic amines is 1. The fourth-order valence-corrected chi connectivity index (χ4v) is 4.42. The van der Waals surface area contributed by atoms with E-state index in [-0.39, 0.29) is 23.1 Å². The molecule has 0 unspecified atom stereocenters. The maximum Gasteiger partial charge on any atom is 0.228 e. The first-order chi connectivity index (χ1) is 14.8. The number of pyridine rings is 1. The summed E-state index contributed by atoms with van der Waals surface area (Å²) in [6, 6.07) is 1.58. The van der Waals surface area contributed by atoms with E-state index in [4.69, 9.17) is 4.74 Å².